The predicted molar refractivity (Wildman–Crippen MR) is 102 cm³/mol. The van der Waals surface area contributed by atoms with E-state index in [0.717, 1.165) is 11.1 Å². The van der Waals surface area contributed by atoms with Crippen LogP contribution in [0.5, 0.6) is 5.75 Å². The van der Waals surface area contributed by atoms with E-state index < -0.39 is 18.0 Å². The van der Waals surface area contributed by atoms with E-state index in [0.29, 0.717) is 22.9 Å². The van der Waals surface area contributed by atoms with Gasteiger partial charge < -0.3 is 14.8 Å². The van der Waals surface area contributed by atoms with Crippen molar-refractivity contribution in [3.63, 3.8) is 0 Å². The molecule has 1 atom stereocenters. The first-order valence-electron chi connectivity index (χ1n) is 8.58. The molecule has 0 aliphatic rings. The number of aryl methyl sites for hydroxylation is 1. The highest BCUT2D eigenvalue weighted by Crippen LogP contribution is 2.25. The van der Waals surface area contributed by atoms with Gasteiger partial charge in [0.1, 0.15) is 5.75 Å². The van der Waals surface area contributed by atoms with Gasteiger partial charge in [0, 0.05) is 0 Å². The summed E-state index contributed by atoms with van der Waals surface area (Å²) in [4.78, 5) is 24.6. The number of methoxy groups -OCH3 is 1. The Balaban J connectivity index is 2.02. The maximum Gasteiger partial charge on any atom is 0.338 e. The molecule has 1 N–H and O–H groups in total. The zero-order valence-electron chi connectivity index (χ0n) is 15.8. The zero-order valence-corrected chi connectivity index (χ0v) is 15.8. The van der Waals surface area contributed by atoms with E-state index in [1.807, 2.05) is 25.1 Å². The smallest absolute Gasteiger partial charge is 0.338 e. The van der Waals surface area contributed by atoms with Crippen molar-refractivity contribution in [3.05, 3.63) is 59.2 Å². The van der Waals surface area contributed by atoms with Crippen LogP contribution in [0.25, 0.3) is 0 Å². The zero-order chi connectivity index (χ0) is 19.3. The molecule has 0 heterocycles. The van der Waals surface area contributed by atoms with Gasteiger partial charge in [-0.25, -0.2) is 4.79 Å². The average Bonchev–Trinajstić information content (AvgIpc) is 2.61. The second-order valence-electron chi connectivity index (χ2n) is 6.52. The Kier molecular flexibility index (Phi) is 6.39. The number of hydrogen-bond donors (Lipinski definition) is 1. The van der Waals surface area contributed by atoms with Crippen molar-refractivity contribution in [1.82, 2.24) is 0 Å². The molecular formula is C21H25NO4. The number of esters is 1. The molecule has 138 valence electrons. The summed E-state index contributed by atoms with van der Waals surface area (Å²) in [5.74, 6) is -0.0129. The normalized spacial score (nSPS) is 11.8. The van der Waals surface area contributed by atoms with Crippen molar-refractivity contribution in [1.29, 1.82) is 0 Å². The second kappa shape index (κ2) is 8.52. The monoisotopic (exact) mass is 355 g/mol. The van der Waals surface area contributed by atoms with Gasteiger partial charge in [-0.05, 0) is 55.2 Å². The molecule has 2 rings (SSSR count). The topological polar surface area (TPSA) is 64.6 Å². The Morgan fingerprint density at radius 3 is 2.23 bits per heavy atom. The summed E-state index contributed by atoms with van der Waals surface area (Å²) in [7, 11) is 1.53. The number of hydrogen-bond acceptors (Lipinski definition) is 4. The third-order valence-electron chi connectivity index (χ3n) is 4.08. The van der Waals surface area contributed by atoms with Crippen molar-refractivity contribution in [2.75, 3.05) is 12.4 Å². The van der Waals surface area contributed by atoms with E-state index >= 15 is 0 Å². The van der Waals surface area contributed by atoms with Crippen LogP contribution >= 0.6 is 0 Å². The lowest BCUT2D eigenvalue weighted by atomic mass is 10.0. The number of ether oxygens (including phenoxy) is 2. The summed E-state index contributed by atoms with van der Waals surface area (Å²) < 4.78 is 10.5. The third kappa shape index (κ3) is 4.85. The molecule has 0 fully saturated rings. The molecule has 1 amide bonds. The van der Waals surface area contributed by atoms with Crippen LogP contribution in [-0.2, 0) is 9.53 Å². The van der Waals surface area contributed by atoms with E-state index in [4.69, 9.17) is 9.47 Å². The van der Waals surface area contributed by atoms with Crippen LogP contribution in [0.4, 0.5) is 5.69 Å². The van der Waals surface area contributed by atoms with Crippen LogP contribution in [0.3, 0.4) is 0 Å². The van der Waals surface area contributed by atoms with Crippen LogP contribution in [0.15, 0.2) is 42.5 Å². The Morgan fingerprint density at radius 2 is 1.65 bits per heavy atom. The van der Waals surface area contributed by atoms with E-state index in [1.54, 1.807) is 24.3 Å². The lowest BCUT2D eigenvalue weighted by Crippen LogP contribution is -2.30. The molecule has 2 aromatic rings. The number of carbonyl (C=O) groups excluding carboxylic acids is 2. The molecular weight excluding hydrogens is 330 g/mol. The third-order valence-corrected chi connectivity index (χ3v) is 4.08. The van der Waals surface area contributed by atoms with E-state index in [2.05, 4.69) is 19.2 Å². The molecule has 5 heteroatoms. The molecule has 0 radical (unpaired) electrons. The Labute approximate surface area is 154 Å². The lowest BCUT2D eigenvalue weighted by Gasteiger charge is -2.16. The van der Waals surface area contributed by atoms with Crippen molar-refractivity contribution < 1.29 is 19.1 Å². The first kappa shape index (κ1) is 19.5. The van der Waals surface area contributed by atoms with Crippen LogP contribution < -0.4 is 10.1 Å². The van der Waals surface area contributed by atoms with Gasteiger partial charge in [0.15, 0.2) is 6.10 Å². The van der Waals surface area contributed by atoms with Crippen LogP contribution in [0.2, 0.25) is 0 Å². The predicted octanol–water partition coefficient (Wildman–Crippen LogP) is 4.31. The van der Waals surface area contributed by atoms with Gasteiger partial charge in [-0.3, -0.25) is 4.79 Å². The molecule has 0 saturated heterocycles. The molecule has 0 saturated carbocycles. The summed E-state index contributed by atoms with van der Waals surface area (Å²) in [5.41, 5.74) is 3.08. The number of amides is 1. The maximum absolute atomic E-state index is 12.4. The molecule has 2 aromatic carbocycles. The molecule has 0 aliphatic heterocycles. The van der Waals surface area contributed by atoms with Gasteiger partial charge in [0.25, 0.3) is 5.91 Å². The van der Waals surface area contributed by atoms with Crippen LogP contribution in [0, 0.1) is 6.92 Å². The first-order valence-corrected chi connectivity index (χ1v) is 8.58. The van der Waals surface area contributed by atoms with Crippen molar-refractivity contribution in [2.24, 2.45) is 0 Å². The highest BCUT2D eigenvalue weighted by atomic mass is 16.5. The summed E-state index contributed by atoms with van der Waals surface area (Å²) in [6, 6.07) is 12.7. The Hall–Kier alpha value is -2.82. The fraction of sp³-hybridized carbons (Fsp3) is 0.333. The molecule has 26 heavy (non-hydrogen) atoms. The Morgan fingerprint density at radius 1 is 1.00 bits per heavy atom. The van der Waals surface area contributed by atoms with E-state index in [1.165, 1.54) is 14.0 Å². The molecule has 0 aliphatic carbocycles. The second-order valence-corrected chi connectivity index (χ2v) is 6.52. The SMILES string of the molecule is COc1ccc(C)cc1NC(=O)C(C)OC(=O)c1ccc(C(C)C)cc1. The number of anilines is 1. The summed E-state index contributed by atoms with van der Waals surface area (Å²) >= 11 is 0. The quantitative estimate of drug-likeness (QED) is 0.784. The molecule has 0 bridgehead atoms. The minimum Gasteiger partial charge on any atom is -0.495 e. The van der Waals surface area contributed by atoms with E-state index in [-0.39, 0.29) is 0 Å². The summed E-state index contributed by atoms with van der Waals surface area (Å²) in [5, 5.41) is 2.74. The average molecular weight is 355 g/mol. The highest BCUT2D eigenvalue weighted by Gasteiger charge is 2.20. The minimum atomic E-state index is -0.933. The largest absolute Gasteiger partial charge is 0.495 e. The van der Waals surface area contributed by atoms with Gasteiger partial charge in [0.05, 0.1) is 18.4 Å². The highest BCUT2D eigenvalue weighted by molar-refractivity contribution is 5.98. The van der Waals surface area contributed by atoms with Gasteiger partial charge in [-0.1, -0.05) is 32.0 Å². The van der Waals surface area contributed by atoms with Crippen LogP contribution in [-0.4, -0.2) is 25.1 Å². The fourth-order valence-electron chi connectivity index (χ4n) is 2.44. The number of benzene rings is 2. The number of nitrogens with one attached hydrogen (secondary N) is 1. The fourth-order valence-corrected chi connectivity index (χ4v) is 2.44. The minimum absolute atomic E-state index is 0.383. The first-order chi connectivity index (χ1) is 12.3. The number of carbonyl (C=O) groups is 2. The van der Waals surface area contributed by atoms with Gasteiger partial charge in [-0.15, -0.1) is 0 Å². The molecule has 1 unspecified atom stereocenters. The lowest BCUT2D eigenvalue weighted by molar-refractivity contribution is -0.123. The van der Waals surface area contributed by atoms with Crippen molar-refractivity contribution >= 4 is 17.6 Å². The summed E-state index contributed by atoms with van der Waals surface area (Å²) in [6.07, 6.45) is -0.933. The van der Waals surface area contributed by atoms with Gasteiger partial charge >= 0.3 is 5.97 Å². The number of rotatable bonds is 6. The van der Waals surface area contributed by atoms with Crippen LogP contribution in [0.1, 0.15) is 48.2 Å². The van der Waals surface area contributed by atoms with Gasteiger partial charge in [0.2, 0.25) is 0 Å². The molecule has 5 nitrogen and oxygen atoms in total. The van der Waals surface area contributed by atoms with Crippen molar-refractivity contribution in [3.8, 4) is 5.75 Å². The molecule has 0 aromatic heterocycles. The summed E-state index contributed by atoms with van der Waals surface area (Å²) in [6.45, 7) is 7.62. The van der Waals surface area contributed by atoms with Crippen molar-refractivity contribution in [2.45, 2.75) is 39.7 Å². The van der Waals surface area contributed by atoms with E-state index in [9.17, 15) is 9.59 Å². The standard InChI is InChI=1S/C21H25NO4/c1-13(2)16-7-9-17(10-8-16)21(24)26-15(4)20(23)22-18-12-14(3)6-11-19(18)25-5/h6-13,15H,1-5H3,(H,22,23). The molecule has 0 spiro atoms. The maximum atomic E-state index is 12.4. The Bertz CT molecular complexity index is 781. The van der Waals surface area contributed by atoms with Gasteiger partial charge in [-0.2, -0.15) is 0 Å².